The molecule has 0 aliphatic heterocycles. The van der Waals surface area contributed by atoms with Gasteiger partial charge in [0, 0.05) is 0 Å². The summed E-state index contributed by atoms with van der Waals surface area (Å²) in [7, 11) is 0. The van der Waals surface area contributed by atoms with E-state index in [1.54, 1.807) is 6.08 Å². The SMILES string of the molecule is CC1(C)[C@@H]2C[C@H]1C(C=O)=CC2O. The van der Waals surface area contributed by atoms with Crippen LogP contribution in [0.1, 0.15) is 20.3 Å². The van der Waals surface area contributed by atoms with Crippen LogP contribution in [0.25, 0.3) is 0 Å². The number of rotatable bonds is 1. The maximum absolute atomic E-state index is 10.6. The molecule has 0 aromatic carbocycles. The fraction of sp³-hybridized carbons (Fsp3) is 0.700. The number of aldehydes is 1. The monoisotopic (exact) mass is 166 g/mol. The molecule has 1 saturated carbocycles. The van der Waals surface area contributed by atoms with Crippen molar-refractivity contribution in [3.8, 4) is 0 Å². The van der Waals surface area contributed by atoms with Gasteiger partial charge in [0.15, 0.2) is 0 Å². The molecule has 66 valence electrons. The molecule has 0 spiro atoms. The molecule has 0 heterocycles. The second-order valence-corrected chi connectivity index (χ2v) is 4.49. The van der Waals surface area contributed by atoms with Crippen LogP contribution in [0.15, 0.2) is 11.6 Å². The second-order valence-electron chi connectivity index (χ2n) is 4.49. The van der Waals surface area contributed by atoms with E-state index in [9.17, 15) is 9.90 Å². The minimum absolute atomic E-state index is 0.129. The highest BCUT2D eigenvalue weighted by molar-refractivity contribution is 5.75. The first-order valence-electron chi connectivity index (χ1n) is 4.42. The van der Waals surface area contributed by atoms with Crippen molar-refractivity contribution < 1.29 is 9.90 Å². The van der Waals surface area contributed by atoms with Crippen molar-refractivity contribution in [1.82, 2.24) is 0 Å². The predicted octanol–water partition coefficient (Wildman–Crippen LogP) is 1.15. The summed E-state index contributed by atoms with van der Waals surface area (Å²) >= 11 is 0. The summed E-state index contributed by atoms with van der Waals surface area (Å²) in [6.07, 6.45) is 3.20. The van der Waals surface area contributed by atoms with Gasteiger partial charge in [-0.2, -0.15) is 0 Å². The Labute approximate surface area is 72.3 Å². The lowest BCUT2D eigenvalue weighted by Crippen LogP contribution is -2.54. The van der Waals surface area contributed by atoms with E-state index >= 15 is 0 Å². The molecule has 0 aromatic heterocycles. The first kappa shape index (κ1) is 7.99. The van der Waals surface area contributed by atoms with E-state index in [1.165, 1.54) is 0 Å². The molecule has 0 aromatic rings. The van der Waals surface area contributed by atoms with Crippen molar-refractivity contribution in [3.05, 3.63) is 11.6 Å². The minimum atomic E-state index is -0.398. The quantitative estimate of drug-likeness (QED) is 0.593. The van der Waals surface area contributed by atoms with Gasteiger partial charge in [0.25, 0.3) is 0 Å². The van der Waals surface area contributed by atoms with Gasteiger partial charge < -0.3 is 5.11 Å². The number of aliphatic hydroxyl groups excluding tert-OH is 1. The first-order valence-corrected chi connectivity index (χ1v) is 4.42. The van der Waals surface area contributed by atoms with Crippen LogP contribution in [0, 0.1) is 17.3 Å². The zero-order chi connectivity index (χ0) is 8.93. The molecule has 1 N–H and O–H groups in total. The standard InChI is InChI=1S/C10H14O2/c1-10(2)7-4-8(10)9(12)3-6(7)5-11/h3,5,7-9,12H,4H2,1-2H3/t7-,8+,9?/m0/s1. The Morgan fingerprint density at radius 1 is 1.67 bits per heavy atom. The number of hydrogen-bond acceptors (Lipinski definition) is 2. The number of hydrogen-bond donors (Lipinski definition) is 1. The molecule has 2 bridgehead atoms. The average Bonchev–Trinajstić information content (AvgIpc) is 2.02. The summed E-state index contributed by atoms with van der Waals surface area (Å²) in [4.78, 5) is 10.6. The van der Waals surface area contributed by atoms with Crippen LogP contribution in [0.3, 0.4) is 0 Å². The lowest BCUT2D eigenvalue weighted by molar-refractivity contribution is -0.113. The topological polar surface area (TPSA) is 37.3 Å². The van der Waals surface area contributed by atoms with E-state index in [0.717, 1.165) is 18.3 Å². The smallest absolute Gasteiger partial charge is 0.146 e. The van der Waals surface area contributed by atoms with Crippen LogP contribution in [-0.2, 0) is 4.79 Å². The number of fused-ring (bicyclic) bond motifs is 1. The van der Waals surface area contributed by atoms with Gasteiger partial charge in [-0.3, -0.25) is 4.79 Å². The van der Waals surface area contributed by atoms with Gasteiger partial charge in [-0.1, -0.05) is 13.8 Å². The van der Waals surface area contributed by atoms with Crippen LogP contribution < -0.4 is 0 Å². The third kappa shape index (κ3) is 0.761. The molecule has 0 saturated heterocycles. The van der Waals surface area contributed by atoms with Crippen molar-refractivity contribution in [2.45, 2.75) is 26.4 Å². The normalized spacial score (nSPS) is 42.9. The fourth-order valence-electron chi connectivity index (χ4n) is 2.66. The van der Waals surface area contributed by atoms with E-state index in [-0.39, 0.29) is 5.41 Å². The maximum Gasteiger partial charge on any atom is 0.146 e. The number of carbonyl (C=O) groups is 1. The molecule has 0 amide bonds. The van der Waals surface area contributed by atoms with Crippen molar-refractivity contribution >= 4 is 6.29 Å². The van der Waals surface area contributed by atoms with Crippen LogP contribution >= 0.6 is 0 Å². The van der Waals surface area contributed by atoms with E-state index in [4.69, 9.17) is 0 Å². The zero-order valence-corrected chi connectivity index (χ0v) is 7.45. The van der Waals surface area contributed by atoms with Gasteiger partial charge in [-0.15, -0.1) is 0 Å². The van der Waals surface area contributed by atoms with Crippen molar-refractivity contribution in [3.63, 3.8) is 0 Å². The summed E-state index contributed by atoms with van der Waals surface area (Å²) in [6, 6.07) is 0. The fourth-order valence-corrected chi connectivity index (χ4v) is 2.66. The first-order chi connectivity index (χ1) is 5.57. The lowest BCUT2D eigenvalue weighted by atomic mass is 9.48. The molecule has 3 aliphatic carbocycles. The van der Waals surface area contributed by atoms with E-state index in [2.05, 4.69) is 13.8 Å². The molecule has 3 rings (SSSR count). The van der Waals surface area contributed by atoms with Gasteiger partial charge in [0.05, 0.1) is 6.10 Å². The molecule has 1 unspecified atom stereocenters. The average molecular weight is 166 g/mol. The van der Waals surface area contributed by atoms with Crippen molar-refractivity contribution in [2.75, 3.05) is 0 Å². The van der Waals surface area contributed by atoms with Crippen LogP contribution in [0.4, 0.5) is 0 Å². The number of allylic oxidation sites excluding steroid dienone is 1. The zero-order valence-electron chi connectivity index (χ0n) is 7.45. The molecular weight excluding hydrogens is 152 g/mol. The molecular formula is C10H14O2. The Hall–Kier alpha value is -0.630. The lowest BCUT2D eigenvalue weighted by Gasteiger charge is -2.57. The molecule has 1 fully saturated rings. The molecule has 0 radical (unpaired) electrons. The highest BCUT2D eigenvalue weighted by Gasteiger charge is 2.54. The summed E-state index contributed by atoms with van der Waals surface area (Å²) in [6.45, 7) is 4.26. The highest BCUT2D eigenvalue weighted by atomic mass is 16.3. The van der Waals surface area contributed by atoms with Gasteiger partial charge in [-0.25, -0.2) is 0 Å². The third-order valence-corrected chi connectivity index (χ3v) is 3.66. The van der Waals surface area contributed by atoms with Crippen molar-refractivity contribution in [1.29, 1.82) is 0 Å². The minimum Gasteiger partial charge on any atom is -0.389 e. The number of aliphatic hydroxyl groups is 1. The van der Waals surface area contributed by atoms with Gasteiger partial charge in [-0.05, 0) is 35.3 Å². The second kappa shape index (κ2) is 2.19. The van der Waals surface area contributed by atoms with Gasteiger partial charge >= 0.3 is 0 Å². The molecule has 2 heteroatoms. The summed E-state index contributed by atoms with van der Waals surface area (Å²) in [5.41, 5.74) is 0.930. The summed E-state index contributed by atoms with van der Waals surface area (Å²) in [5, 5.41) is 9.62. The van der Waals surface area contributed by atoms with E-state index < -0.39 is 6.10 Å². The Morgan fingerprint density at radius 2 is 2.33 bits per heavy atom. The van der Waals surface area contributed by atoms with E-state index in [1.807, 2.05) is 0 Å². The van der Waals surface area contributed by atoms with Gasteiger partial charge in [0.1, 0.15) is 6.29 Å². The molecule has 2 nitrogen and oxygen atoms in total. The van der Waals surface area contributed by atoms with E-state index in [0.29, 0.717) is 11.8 Å². The van der Waals surface area contributed by atoms with Crippen LogP contribution in [-0.4, -0.2) is 17.5 Å². The molecule has 12 heavy (non-hydrogen) atoms. The highest BCUT2D eigenvalue weighted by Crippen LogP contribution is 2.58. The largest absolute Gasteiger partial charge is 0.389 e. The van der Waals surface area contributed by atoms with Crippen molar-refractivity contribution in [2.24, 2.45) is 17.3 Å². The number of carbonyl (C=O) groups excluding carboxylic acids is 1. The Bertz CT molecular complexity index is 253. The van der Waals surface area contributed by atoms with Gasteiger partial charge in [0.2, 0.25) is 0 Å². The Morgan fingerprint density at radius 3 is 2.75 bits per heavy atom. The predicted molar refractivity (Wildman–Crippen MR) is 45.5 cm³/mol. The van der Waals surface area contributed by atoms with Crippen LogP contribution in [0.5, 0.6) is 0 Å². The Kier molecular flexibility index (Phi) is 1.46. The third-order valence-electron chi connectivity index (χ3n) is 3.66. The Balaban J connectivity index is 2.36. The summed E-state index contributed by atoms with van der Waals surface area (Å²) in [5.74, 6) is 0.759. The van der Waals surface area contributed by atoms with Crippen LogP contribution in [0.2, 0.25) is 0 Å². The maximum atomic E-state index is 10.6. The summed E-state index contributed by atoms with van der Waals surface area (Å²) < 4.78 is 0. The molecule has 3 aliphatic rings. The molecule has 3 atom stereocenters.